The third-order valence-corrected chi connectivity index (χ3v) is 5.45. The van der Waals surface area contributed by atoms with Crippen molar-refractivity contribution in [3.05, 3.63) is 74.5 Å². The number of alkyl halides is 3. The van der Waals surface area contributed by atoms with Crippen LogP contribution in [0.4, 0.5) is 17.6 Å². The smallest absolute Gasteiger partial charge is 0.433 e. The number of aromatic nitrogens is 5. The lowest BCUT2D eigenvalue weighted by atomic mass is 10.1. The Hall–Kier alpha value is -3.86. The van der Waals surface area contributed by atoms with Crippen molar-refractivity contribution < 1.29 is 22.0 Å². The van der Waals surface area contributed by atoms with Crippen LogP contribution in [0.1, 0.15) is 30.8 Å². The molecule has 0 saturated carbocycles. The van der Waals surface area contributed by atoms with Crippen LogP contribution < -0.4 is 5.43 Å². The van der Waals surface area contributed by atoms with Gasteiger partial charge in [-0.3, -0.25) is 4.79 Å². The molecule has 5 rings (SSSR count). The quantitative estimate of drug-likeness (QED) is 0.249. The highest BCUT2D eigenvalue weighted by Crippen LogP contribution is 2.31. The van der Waals surface area contributed by atoms with Crippen LogP contribution >= 0.6 is 11.6 Å². The third kappa shape index (κ3) is 4.41. The highest BCUT2D eigenvalue weighted by molar-refractivity contribution is 6.30. The van der Waals surface area contributed by atoms with Gasteiger partial charge in [-0.25, -0.2) is 24.0 Å². The van der Waals surface area contributed by atoms with Gasteiger partial charge in [0.1, 0.15) is 28.2 Å². The highest BCUT2D eigenvalue weighted by atomic mass is 35.5. The molecule has 5 aromatic rings. The Bertz CT molecular complexity index is 1680. The van der Waals surface area contributed by atoms with Gasteiger partial charge < -0.3 is 4.42 Å². The van der Waals surface area contributed by atoms with Crippen molar-refractivity contribution in [3.63, 3.8) is 0 Å². The molecule has 1 aromatic carbocycles. The van der Waals surface area contributed by atoms with Crippen molar-refractivity contribution in [2.75, 3.05) is 0 Å². The van der Waals surface area contributed by atoms with Crippen LogP contribution in [0.25, 0.3) is 39.4 Å². The van der Waals surface area contributed by atoms with E-state index in [0.29, 0.717) is 11.8 Å². The topological polar surface area (TPSA) is 86.7 Å². The summed E-state index contributed by atoms with van der Waals surface area (Å²) in [7, 11) is 0. The van der Waals surface area contributed by atoms with Crippen molar-refractivity contribution >= 4 is 33.7 Å². The van der Waals surface area contributed by atoms with E-state index < -0.39 is 23.1 Å². The van der Waals surface area contributed by atoms with Gasteiger partial charge in [-0.2, -0.15) is 18.3 Å². The lowest BCUT2D eigenvalue weighted by Crippen LogP contribution is -2.18. The minimum Gasteiger partial charge on any atom is -0.434 e. The summed E-state index contributed by atoms with van der Waals surface area (Å²) in [6.45, 7) is 7.47. The average molecular weight is 520 g/mol. The second-order valence-corrected chi connectivity index (χ2v) is 7.93. The number of aryl methyl sites for hydroxylation is 2. The number of rotatable bonds is 2. The maximum absolute atomic E-state index is 14.8. The summed E-state index contributed by atoms with van der Waals surface area (Å²) in [4.78, 5) is 25.0. The summed E-state index contributed by atoms with van der Waals surface area (Å²) in [6.07, 6.45) is -3.81. The molecule has 0 bridgehead atoms. The van der Waals surface area contributed by atoms with Crippen LogP contribution in [0.2, 0.25) is 5.02 Å². The molecule has 0 fully saturated rings. The summed E-state index contributed by atoms with van der Waals surface area (Å²) in [6, 6.07) is 6.22. The average Bonchev–Trinajstić information content (AvgIpc) is 3.25. The minimum atomic E-state index is -4.69. The molecule has 0 aliphatic carbocycles. The number of benzene rings is 1. The summed E-state index contributed by atoms with van der Waals surface area (Å²) in [5, 5.41) is 4.41. The first-order valence-corrected chi connectivity index (χ1v) is 11.1. The van der Waals surface area contributed by atoms with Crippen LogP contribution in [0.5, 0.6) is 0 Å². The standard InChI is InChI=1S/C22H12ClF4N5O2.C2H6/c1-9-5-15-18(29-10(9)2)20(33)19(31-32(15)14-4-3-11(23)6-12(14)24)21-30-13-8-28-17(22(25,26)27)7-16(13)34-21;1-2/h3-8H,1-2H3;1-2H3. The Labute approximate surface area is 206 Å². The Morgan fingerprint density at radius 1 is 1.06 bits per heavy atom. The first-order valence-electron chi connectivity index (χ1n) is 10.7. The van der Waals surface area contributed by atoms with E-state index in [0.717, 1.165) is 22.5 Å². The van der Waals surface area contributed by atoms with E-state index in [2.05, 4.69) is 20.1 Å². The zero-order valence-corrected chi connectivity index (χ0v) is 20.2. The van der Waals surface area contributed by atoms with E-state index in [1.165, 1.54) is 12.1 Å². The van der Waals surface area contributed by atoms with E-state index in [4.69, 9.17) is 16.0 Å². The third-order valence-electron chi connectivity index (χ3n) is 5.21. The van der Waals surface area contributed by atoms with Gasteiger partial charge in [0.25, 0.3) is 5.89 Å². The number of oxazole rings is 1. The first-order chi connectivity index (χ1) is 17.0. The van der Waals surface area contributed by atoms with Crippen molar-refractivity contribution in [1.29, 1.82) is 0 Å². The molecule has 0 aliphatic rings. The fourth-order valence-electron chi connectivity index (χ4n) is 3.40. The Kier molecular flexibility index (Phi) is 6.52. The predicted molar refractivity (Wildman–Crippen MR) is 127 cm³/mol. The monoisotopic (exact) mass is 519 g/mol. The number of hydrogen-bond donors (Lipinski definition) is 0. The largest absolute Gasteiger partial charge is 0.434 e. The second-order valence-electron chi connectivity index (χ2n) is 7.50. The van der Waals surface area contributed by atoms with Crippen molar-refractivity contribution in [2.24, 2.45) is 0 Å². The lowest BCUT2D eigenvalue weighted by molar-refractivity contribution is -0.141. The summed E-state index contributed by atoms with van der Waals surface area (Å²) < 4.78 is 60.5. The molecule has 12 heteroatoms. The van der Waals surface area contributed by atoms with Crippen LogP contribution in [-0.2, 0) is 6.18 Å². The highest BCUT2D eigenvalue weighted by Gasteiger charge is 2.33. The fraction of sp³-hybridized carbons (Fsp3) is 0.208. The van der Waals surface area contributed by atoms with Gasteiger partial charge in [0.15, 0.2) is 11.3 Å². The van der Waals surface area contributed by atoms with Crippen LogP contribution in [0.3, 0.4) is 0 Å². The molecule has 0 unspecified atom stereocenters. The van der Waals surface area contributed by atoms with Crippen molar-refractivity contribution in [3.8, 4) is 17.3 Å². The van der Waals surface area contributed by atoms with Crippen molar-refractivity contribution in [2.45, 2.75) is 33.9 Å². The molecular formula is C24H18ClF4N5O2. The molecule has 0 amide bonds. The van der Waals surface area contributed by atoms with E-state index in [1.807, 2.05) is 13.8 Å². The van der Waals surface area contributed by atoms with Crippen LogP contribution in [0, 0.1) is 19.7 Å². The normalized spacial score (nSPS) is 11.6. The number of nitrogens with zero attached hydrogens (tertiary/aromatic N) is 5. The number of pyridine rings is 2. The zero-order valence-electron chi connectivity index (χ0n) is 19.4. The van der Waals surface area contributed by atoms with Gasteiger partial charge in [-0.05, 0) is 43.7 Å². The van der Waals surface area contributed by atoms with E-state index in [1.54, 1.807) is 19.9 Å². The van der Waals surface area contributed by atoms with E-state index in [9.17, 15) is 22.4 Å². The SMILES string of the molecule is CC.Cc1cc2c(nc1C)c(=O)c(-c1nc3cnc(C(F)(F)F)cc3o1)nn2-c1ccc(Cl)cc1F. The second kappa shape index (κ2) is 9.30. The molecule has 7 nitrogen and oxygen atoms in total. The zero-order chi connectivity index (χ0) is 26.4. The van der Waals surface area contributed by atoms with E-state index >= 15 is 0 Å². The van der Waals surface area contributed by atoms with Gasteiger partial charge >= 0.3 is 6.18 Å². The molecule has 0 radical (unpaired) electrons. The molecule has 0 N–H and O–H groups in total. The maximum atomic E-state index is 14.8. The van der Waals surface area contributed by atoms with Crippen molar-refractivity contribution in [1.82, 2.24) is 24.7 Å². The van der Waals surface area contributed by atoms with E-state index in [-0.39, 0.29) is 44.4 Å². The van der Waals surface area contributed by atoms with Gasteiger partial charge in [-0.1, -0.05) is 25.4 Å². The Morgan fingerprint density at radius 2 is 1.78 bits per heavy atom. The fourth-order valence-corrected chi connectivity index (χ4v) is 3.55. The molecule has 4 aromatic heterocycles. The first kappa shape index (κ1) is 25.2. The molecular weight excluding hydrogens is 502 g/mol. The Morgan fingerprint density at radius 3 is 2.44 bits per heavy atom. The summed E-state index contributed by atoms with van der Waals surface area (Å²) in [5.41, 5.74) is -1.04. The number of hydrogen-bond acceptors (Lipinski definition) is 6. The number of halogens is 5. The van der Waals surface area contributed by atoms with Crippen LogP contribution in [-0.4, -0.2) is 24.7 Å². The summed E-state index contributed by atoms with van der Waals surface area (Å²) in [5.74, 6) is -1.07. The molecule has 0 saturated heterocycles. The maximum Gasteiger partial charge on any atom is 0.433 e. The molecule has 0 atom stereocenters. The molecule has 0 aliphatic heterocycles. The van der Waals surface area contributed by atoms with Gasteiger partial charge in [0.2, 0.25) is 5.43 Å². The molecule has 4 heterocycles. The Balaban J connectivity index is 0.00000148. The molecule has 186 valence electrons. The predicted octanol–water partition coefficient (Wildman–Crippen LogP) is 6.44. The lowest BCUT2D eigenvalue weighted by Gasteiger charge is -2.13. The van der Waals surface area contributed by atoms with Gasteiger partial charge in [0, 0.05) is 16.8 Å². The summed E-state index contributed by atoms with van der Waals surface area (Å²) >= 11 is 5.87. The minimum absolute atomic E-state index is 0.0124. The van der Waals surface area contributed by atoms with Gasteiger partial charge in [-0.15, -0.1) is 0 Å². The number of fused-ring (bicyclic) bond motifs is 2. The van der Waals surface area contributed by atoms with Gasteiger partial charge in [0.05, 0.1) is 11.7 Å². The molecule has 36 heavy (non-hydrogen) atoms. The van der Waals surface area contributed by atoms with Crippen LogP contribution in [0.15, 0.2) is 45.7 Å². The molecule has 0 spiro atoms.